The molecule has 0 unspecified atom stereocenters. The van der Waals surface area contributed by atoms with Crippen LogP contribution in [0, 0.1) is 0 Å². The molecule has 0 bridgehead atoms. The van der Waals surface area contributed by atoms with Crippen LogP contribution in [0.25, 0.3) is 0 Å². The molecule has 1 aromatic carbocycles. The molecule has 0 aliphatic heterocycles. The molecule has 0 aliphatic rings. The van der Waals surface area contributed by atoms with Crippen molar-refractivity contribution in [2.45, 2.75) is 12.8 Å². The fourth-order valence-electron chi connectivity index (χ4n) is 1.32. The number of aldehydes is 1. The summed E-state index contributed by atoms with van der Waals surface area (Å²) >= 11 is 0. The molecule has 1 rings (SSSR count). The van der Waals surface area contributed by atoms with E-state index in [1.807, 2.05) is 12.1 Å². The van der Waals surface area contributed by atoms with Crippen molar-refractivity contribution in [2.75, 3.05) is 13.1 Å². The molecule has 0 saturated heterocycles. The van der Waals surface area contributed by atoms with Gasteiger partial charge in [0.25, 0.3) is 0 Å². The van der Waals surface area contributed by atoms with Gasteiger partial charge in [-0.2, -0.15) is 0 Å². The summed E-state index contributed by atoms with van der Waals surface area (Å²) in [5.74, 6) is 0.00455. The van der Waals surface area contributed by atoms with E-state index in [0.717, 1.165) is 11.8 Å². The third kappa shape index (κ3) is 4.23. The van der Waals surface area contributed by atoms with Gasteiger partial charge < -0.3 is 11.1 Å². The smallest absolute Gasteiger partial charge is 0.220 e. The van der Waals surface area contributed by atoms with Gasteiger partial charge in [-0.25, -0.2) is 0 Å². The summed E-state index contributed by atoms with van der Waals surface area (Å²) in [6.07, 6.45) is 1.92. The largest absolute Gasteiger partial charge is 0.355 e. The molecule has 3 N–H and O–H groups in total. The second-order valence-corrected chi connectivity index (χ2v) is 3.50. The maximum Gasteiger partial charge on any atom is 0.220 e. The van der Waals surface area contributed by atoms with E-state index < -0.39 is 0 Å². The normalized spacial score (nSPS) is 9.81. The quantitative estimate of drug-likeness (QED) is 0.686. The zero-order valence-electron chi connectivity index (χ0n) is 9.11. The predicted molar refractivity (Wildman–Crippen MR) is 62.2 cm³/mol. The van der Waals surface area contributed by atoms with Gasteiger partial charge in [-0.15, -0.1) is 0 Å². The highest BCUT2D eigenvalue weighted by atomic mass is 16.1. The molecule has 0 aromatic heterocycles. The second kappa shape index (κ2) is 6.74. The molecule has 1 aromatic rings. The number of hydrogen-bond donors (Lipinski definition) is 2. The van der Waals surface area contributed by atoms with E-state index in [0.29, 0.717) is 31.5 Å². The molecule has 16 heavy (non-hydrogen) atoms. The monoisotopic (exact) mass is 220 g/mol. The van der Waals surface area contributed by atoms with Gasteiger partial charge in [-0.05, 0) is 12.0 Å². The Kier molecular flexibility index (Phi) is 5.22. The van der Waals surface area contributed by atoms with E-state index in [4.69, 9.17) is 5.73 Å². The lowest BCUT2D eigenvalue weighted by atomic mass is 10.1. The average Bonchev–Trinajstić information content (AvgIpc) is 2.34. The minimum Gasteiger partial charge on any atom is -0.355 e. The van der Waals surface area contributed by atoms with Crippen molar-refractivity contribution in [1.29, 1.82) is 0 Å². The van der Waals surface area contributed by atoms with Crippen molar-refractivity contribution >= 4 is 12.2 Å². The third-order valence-electron chi connectivity index (χ3n) is 2.22. The molecule has 0 radical (unpaired) electrons. The average molecular weight is 220 g/mol. The van der Waals surface area contributed by atoms with Crippen LogP contribution in [-0.4, -0.2) is 25.3 Å². The standard InChI is InChI=1S/C12H16N2O2/c13-7-8-14-12(16)6-5-10-1-3-11(9-15)4-2-10/h1-4,9H,5-8,13H2,(H,14,16). The lowest BCUT2D eigenvalue weighted by molar-refractivity contribution is -0.120. The van der Waals surface area contributed by atoms with Gasteiger partial charge in [0, 0.05) is 25.1 Å². The summed E-state index contributed by atoms with van der Waals surface area (Å²) in [5, 5.41) is 2.71. The number of nitrogens with one attached hydrogen (secondary N) is 1. The molecule has 0 fully saturated rings. The predicted octanol–water partition coefficient (Wildman–Crippen LogP) is 0.507. The molecular weight excluding hydrogens is 204 g/mol. The van der Waals surface area contributed by atoms with Gasteiger partial charge in [-0.3, -0.25) is 9.59 Å². The van der Waals surface area contributed by atoms with Crippen LogP contribution in [0.15, 0.2) is 24.3 Å². The van der Waals surface area contributed by atoms with Crippen LogP contribution in [0.4, 0.5) is 0 Å². The summed E-state index contributed by atoms with van der Waals surface area (Å²) in [5.41, 5.74) is 6.97. The molecule has 0 spiro atoms. The Bertz CT molecular complexity index is 347. The molecule has 0 atom stereocenters. The van der Waals surface area contributed by atoms with Crippen molar-refractivity contribution in [3.63, 3.8) is 0 Å². The van der Waals surface area contributed by atoms with Crippen LogP contribution in [0.2, 0.25) is 0 Å². The highest BCUT2D eigenvalue weighted by molar-refractivity contribution is 5.76. The van der Waals surface area contributed by atoms with Crippen LogP contribution < -0.4 is 11.1 Å². The summed E-state index contributed by atoms with van der Waals surface area (Å²) in [7, 11) is 0. The van der Waals surface area contributed by atoms with Crippen LogP contribution in [-0.2, 0) is 11.2 Å². The van der Waals surface area contributed by atoms with Gasteiger partial charge in [0.05, 0.1) is 0 Å². The van der Waals surface area contributed by atoms with Crippen molar-refractivity contribution in [3.8, 4) is 0 Å². The van der Waals surface area contributed by atoms with Crippen LogP contribution in [0.1, 0.15) is 22.3 Å². The highest BCUT2D eigenvalue weighted by Gasteiger charge is 2.01. The number of aryl methyl sites for hydroxylation is 1. The minimum absolute atomic E-state index is 0.00455. The number of benzene rings is 1. The zero-order valence-corrected chi connectivity index (χ0v) is 9.11. The van der Waals surface area contributed by atoms with Crippen LogP contribution in [0.3, 0.4) is 0 Å². The maximum atomic E-state index is 11.3. The molecule has 1 amide bonds. The van der Waals surface area contributed by atoms with E-state index in [2.05, 4.69) is 5.32 Å². The molecular formula is C12H16N2O2. The highest BCUT2D eigenvalue weighted by Crippen LogP contribution is 2.05. The summed E-state index contributed by atoms with van der Waals surface area (Å²) in [6, 6.07) is 7.22. The van der Waals surface area contributed by atoms with Gasteiger partial charge in [0.2, 0.25) is 5.91 Å². The van der Waals surface area contributed by atoms with E-state index in [9.17, 15) is 9.59 Å². The number of nitrogens with two attached hydrogens (primary N) is 1. The van der Waals surface area contributed by atoms with Gasteiger partial charge in [-0.1, -0.05) is 24.3 Å². The first-order valence-corrected chi connectivity index (χ1v) is 5.27. The SMILES string of the molecule is NCCNC(=O)CCc1ccc(C=O)cc1. The number of carbonyl (C=O) groups is 2. The Labute approximate surface area is 94.8 Å². The molecule has 4 heteroatoms. The number of rotatable bonds is 6. The maximum absolute atomic E-state index is 11.3. The second-order valence-electron chi connectivity index (χ2n) is 3.50. The Morgan fingerprint density at radius 2 is 2.00 bits per heavy atom. The van der Waals surface area contributed by atoms with Gasteiger partial charge in [0.1, 0.15) is 6.29 Å². The Morgan fingerprint density at radius 1 is 1.31 bits per heavy atom. The Balaban J connectivity index is 2.36. The van der Waals surface area contributed by atoms with E-state index in [1.54, 1.807) is 12.1 Å². The number of amides is 1. The Morgan fingerprint density at radius 3 is 2.56 bits per heavy atom. The van der Waals surface area contributed by atoms with Crippen molar-refractivity contribution in [2.24, 2.45) is 5.73 Å². The van der Waals surface area contributed by atoms with Crippen molar-refractivity contribution < 1.29 is 9.59 Å². The van der Waals surface area contributed by atoms with Crippen molar-refractivity contribution in [1.82, 2.24) is 5.32 Å². The Hall–Kier alpha value is -1.68. The summed E-state index contributed by atoms with van der Waals surface area (Å²) in [4.78, 5) is 21.7. The van der Waals surface area contributed by atoms with E-state index >= 15 is 0 Å². The molecule has 0 saturated carbocycles. The zero-order chi connectivity index (χ0) is 11.8. The first-order chi connectivity index (χ1) is 7.76. The van der Waals surface area contributed by atoms with E-state index in [-0.39, 0.29) is 5.91 Å². The van der Waals surface area contributed by atoms with Gasteiger partial charge in [0.15, 0.2) is 0 Å². The first-order valence-electron chi connectivity index (χ1n) is 5.27. The fourth-order valence-corrected chi connectivity index (χ4v) is 1.32. The fraction of sp³-hybridized carbons (Fsp3) is 0.333. The van der Waals surface area contributed by atoms with Crippen molar-refractivity contribution in [3.05, 3.63) is 35.4 Å². The molecule has 0 heterocycles. The lowest BCUT2D eigenvalue weighted by Crippen LogP contribution is -2.29. The lowest BCUT2D eigenvalue weighted by Gasteiger charge is -2.03. The third-order valence-corrected chi connectivity index (χ3v) is 2.22. The van der Waals surface area contributed by atoms with Crippen LogP contribution >= 0.6 is 0 Å². The van der Waals surface area contributed by atoms with Gasteiger partial charge >= 0.3 is 0 Å². The van der Waals surface area contributed by atoms with E-state index in [1.165, 1.54) is 0 Å². The number of hydrogen-bond acceptors (Lipinski definition) is 3. The summed E-state index contributed by atoms with van der Waals surface area (Å²) < 4.78 is 0. The first kappa shape index (κ1) is 12.4. The number of carbonyl (C=O) groups excluding carboxylic acids is 2. The van der Waals surface area contributed by atoms with Crippen LogP contribution in [0.5, 0.6) is 0 Å². The molecule has 4 nitrogen and oxygen atoms in total. The topological polar surface area (TPSA) is 72.2 Å². The minimum atomic E-state index is 0.00455. The molecule has 0 aliphatic carbocycles. The summed E-state index contributed by atoms with van der Waals surface area (Å²) in [6.45, 7) is 0.975. The molecule has 86 valence electrons.